The molecule has 9 heteroatoms. The zero-order chi connectivity index (χ0) is 17.7. The predicted molar refractivity (Wildman–Crippen MR) is 96.3 cm³/mol. The molecule has 5 rings (SSSR count). The number of hydrogen-bond acceptors (Lipinski definition) is 8. The zero-order valence-electron chi connectivity index (χ0n) is 14.3. The van der Waals surface area contributed by atoms with Crippen LogP contribution in [0, 0.1) is 6.92 Å². The summed E-state index contributed by atoms with van der Waals surface area (Å²) in [5.41, 5.74) is 0. The quantitative estimate of drug-likeness (QED) is 0.754. The number of carbonyl (C=O) groups is 1. The predicted octanol–water partition coefficient (Wildman–Crippen LogP) is 2.62. The Morgan fingerprint density at radius 1 is 1.35 bits per heavy atom. The summed E-state index contributed by atoms with van der Waals surface area (Å²) >= 11 is 1.66. The summed E-state index contributed by atoms with van der Waals surface area (Å²) in [7, 11) is 0. The van der Waals surface area contributed by atoms with E-state index < -0.39 is 0 Å². The number of amides is 1. The standard InChI is InChI=1S/C17H18N6O2S/c1-9-7-11-14(18-8-19-17(11)26-9)23-6-2-3-12(23)16-21-13(22-25-16)15(24)20-10-4-5-10/h7-8,10,12H,2-6H2,1H3,(H,20,24)/t12-/m0/s1. The normalized spacial score (nSPS) is 20.0. The molecular formula is C17H18N6O2S. The van der Waals surface area contributed by atoms with E-state index in [1.54, 1.807) is 17.7 Å². The number of nitrogens with one attached hydrogen (secondary N) is 1. The molecule has 0 radical (unpaired) electrons. The van der Waals surface area contributed by atoms with Crippen LogP contribution in [-0.2, 0) is 0 Å². The van der Waals surface area contributed by atoms with Gasteiger partial charge in [0, 0.05) is 17.5 Å². The fourth-order valence-electron chi connectivity index (χ4n) is 3.41. The van der Waals surface area contributed by atoms with Crippen molar-refractivity contribution in [1.82, 2.24) is 25.4 Å². The molecule has 1 amide bonds. The van der Waals surface area contributed by atoms with E-state index in [0.29, 0.717) is 5.89 Å². The Bertz CT molecular complexity index is 979. The molecule has 1 N–H and O–H groups in total. The van der Waals surface area contributed by atoms with E-state index in [9.17, 15) is 4.79 Å². The van der Waals surface area contributed by atoms with Crippen LogP contribution in [0.3, 0.4) is 0 Å². The van der Waals surface area contributed by atoms with Crippen molar-refractivity contribution in [2.24, 2.45) is 0 Å². The molecule has 0 bridgehead atoms. The van der Waals surface area contributed by atoms with Crippen LogP contribution < -0.4 is 10.2 Å². The average molecular weight is 370 g/mol. The number of rotatable bonds is 4. The number of thiophene rings is 1. The van der Waals surface area contributed by atoms with Gasteiger partial charge in [-0.15, -0.1) is 11.3 Å². The summed E-state index contributed by atoms with van der Waals surface area (Å²) in [6, 6.07) is 2.32. The molecule has 1 saturated carbocycles. The summed E-state index contributed by atoms with van der Waals surface area (Å²) in [6.07, 6.45) is 5.55. The Morgan fingerprint density at radius 2 is 2.23 bits per heavy atom. The van der Waals surface area contributed by atoms with Crippen LogP contribution in [0.1, 0.15) is 53.1 Å². The molecule has 1 saturated heterocycles. The summed E-state index contributed by atoms with van der Waals surface area (Å²) < 4.78 is 5.44. The molecule has 1 atom stereocenters. The molecule has 3 aromatic rings. The van der Waals surface area contributed by atoms with Gasteiger partial charge < -0.3 is 14.7 Å². The molecule has 2 fully saturated rings. The second-order valence-corrected chi connectivity index (χ2v) is 8.06. The molecule has 1 aliphatic carbocycles. The lowest BCUT2D eigenvalue weighted by Gasteiger charge is -2.23. The van der Waals surface area contributed by atoms with Crippen LogP contribution in [0.25, 0.3) is 10.2 Å². The minimum Gasteiger partial charge on any atom is -0.346 e. The molecule has 1 aliphatic heterocycles. The molecule has 8 nitrogen and oxygen atoms in total. The molecule has 0 unspecified atom stereocenters. The fourth-order valence-corrected chi connectivity index (χ4v) is 4.25. The maximum atomic E-state index is 12.1. The Morgan fingerprint density at radius 3 is 3.08 bits per heavy atom. The number of aryl methyl sites for hydroxylation is 1. The Balaban J connectivity index is 1.45. The number of hydrogen-bond donors (Lipinski definition) is 1. The monoisotopic (exact) mass is 370 g/mol. The number of fused-ring (bicyclic) bond motifs is 1. The third-order valence-corrected chi connectivity index (χ3v) is 5.76. The van der Waals surface area contributed by atoms with Crippen molar-refractivity contribution in [2.75, 3.05) is 11.4 Å². The SMILES string of the molecule is Cc1cc2c(N3CCC[C@H]3c3nc(C(=O)NC4CC4)no3)ncnc2s1. The van der Waals surface area contributed by atoms with Crippen molar-refractivity contribution >= 4 is 33.3 Å². The van der Waals surface area contributed by atoms with Gasteiger partial charge in [0.25, 0.3) is 11.7 Å². The first kappa shape index (κ1) is 15.7. The van der Waals surface area contributed by atoms with Crippen LogP contribution in [0.2, 0.25) is 0 Å². The van der Waals surface area contributed by atoms with Crippen molar-refractivity contribution in [2.45, 2.75) is 44.7 Å². The van der Waals surface area contributed by atoms with Gasteiger partial charge in [-0.3, -0.25) is 4.79 Å². The molecule has 0 spiro atoms. The van der Waals surface area contributed by atoms with Gasteiger partial charge in [-0.05, 0) is 38.7 Å². The first-order chi connectivity index (χ1) is 12.7. The highest BCUT2D eigenvalue weighted by molar-refractivity contribution is 7.18. The van der Waals surface area contributed by atoms with Crippen molar-refractivity contribution in [1.29, 1.82) is 0 Å². The van der Waals surface area contributed by atoms with Crippen molar-refractivity contribution in [3.63, 3.8) is 0 Å². The summed E-state index contributed by atoms with van der Waals surface area (Å²) in [4.78, 5) is 29.7. The third-order valence-electron chi connectivity index (χ3n) is 4.80. The lowest BCUT2D eigenvalue weighted by atomic mass is 10.2. The number of aromatic nitrogens is 4. The highest BCUT2D eigenvalue weighted by Crippen LogP contribution is 2.38. The van der Waals surface area contributed by atoms with Gasteiger partial charge >= 0.3 is 0 Å². The van der Waals surface area contributed by atoms with Gasteiger partial charge in [-0.2, -0.15) is 4.98 Å². The van der Waals surface area contributed by atoms with Gasteiger partial charge in [0.05, 0.1) is 5.39 Å². The maximum Gasteiger partial charge on any atom is 0.292 e. The molecule has 0 aromatic carbocycles. The van der Waals surface area contributed by atoms with Crippen LogP contribution in [0.15, 0.2) is 16.9 Å². The largest absolute Gasteiger partial charge is 0.346 e. The molecular weight excluding hydrogens is 352 g/mol. The van der Waals surface area contributed by atoms with Crippen LogP contribution >= 0.6 is 11.3 Å². The Labute approximate surface area is 153 Å². The fraction of sp³-hybridized carbons (Fsp3) is 0.471. The lowest BCUT2D eigenvalue weighted by Crippen LogP contribution is -2.27. The smallest absolute Gasteiger partial charge is 0.292 e. The number of carbonyl (C=O) groups excluding carboxylic acids is 1. The molecule has 134 valence electrons. The van der Waals surface area contributed by atoms with Crippen molar-refractivity contribution < 1.29 is 9.32 Å². The number of nitrogens with zero attached hydrogens (tertiary/aromatic N) is 5. The summed E-state index contributed by atoms with van der Waals surface area (Å²) in [5.74, 6) is 1.22. The van der Waals surface area contributed by atoms with E-state index in [1.807, 2.05) is 0 Å². The van der Waals surface area contributed by atoms with Gasteiger partial charge in [-0.25, -0.2) is 9.97 Å². The highest BCUT2D eigenvalue weighted by Gasteiger charge is 2.34. The second-order valence-electron chi connectivity index (χ2n) is 6.83. The topological polar surface area (TPSA) is 97.0 Å². The molecule has 3 aromatic heterocycles. The summed E-state index contributed by atoms with van der Waals surface area (Å²) in [6.45, 7) is 2.93. The first-order valence-corrected chi connectivity index (χ1v) is 9.63. The van der Waals surface area contributed by atoms with E-state index in [-0.39, 0.29) is 23.8 Å². The van der Waals surface area contributed by atoms with Crippen molar-refractivity contribution in [3.8, 4) is 0 Å². The maximum absolute atomic E-state index is 12.1. The van der Waals surface area contributed by atoms with Crippen LogP contribution in [-0.4, -0.2) is 38.6 Å². The first-order valence-electron chi connectivity index (χ1n) is 8.81. The second kappa shape index (κ2) is 6.01. The van der Waals surface area contributed by atoms with Crippen LogP contribution in [0.5, 0.6) is 0 Å². The van der Waals surface area contributed by atoms with E-state index in [0.717, 1.165) is 48.3 Å². The van der Waals surface area contributed by atoms with Crippen molar-refractivity contribution in [3.05, 3.63) is 29.0 Å². The Hall–Kier alpha value is -2.55. The van der Waals surface area contributed by atoms with Gasteiger partial charge in [0.1, 0.15) is 23.0 Å². The van der Waals surface area contributed by atoms with E-state index in [2.05, 4.69) is 43.3 Å². The van der Waals surface area contributed by atoms with Gasteiger partial charge in [-0.1, -0.05) is 5.16 Å². The molecule has 26 heavy (non-hydrogen) atoms. The van der Waals surface area contributed by atoms with Crippen LogP contribution in [0.4, 0.5) is 5.82 Å². The summed E-state index contributed by atoms with van der Waals surface area (Å²) in [5, 5.41) is 7.82. The highest BCUT2D eigenvalue weighted by atomic mass is 32.1. The van der Waals surface area contributed by atoms with E-state index in [1.165, 1.54) is 4.88 Å². The lowest BCUT2D eigenvalue weighted by molar-refractivity contribution is 0.0937. The minimum absolute atomic E-state index is 0.0664. The van der Waals surface area contributed by atoms with E-state index in [4.69, 9.17) is 4.52 Å². The minimum atomic E-state index is -0.259. The number of anilines is 1. The Kier molecular flexibility index (Phi) is 3.63. The van der Waals surface area contributed by atoms with E-state index >= 15 is 0 Å². The molecule has 2 aliphatic rings. The zero-order valence-corrected chi connectivity index (χ0v) is 15.1. The molecule has 4 heterocycles. The average Bonchev–Trinajstić information content (AvgIpc) is 3.06. The third kappa shape index (κ3) is 2.72. The van der Waals surface area contributed by atoms with Gasteiger partial charge in [0.2, 0.25) is 5.89 Å². The van der Waals surface area contributed by atoms with Gasteiger partial charge in [0.15, 0.2) is 0 Å².